The number of phenolic OH excluding ortho intramolecular Hbond substituents is 1. The number of nitrogens with two attached hydrogens (primary N) is 1. The first kappa shape index (κ1) is 45.5. The number of pyridine rings is 1. The van der Waals surface area contributed by atoms with Gasteiger partial charge in [-0.15, -0.1) is 0 Å². The minimum atomic E-state index is -4.67. The number of hydrogen-bond acceptors (Lipinski definition) is 10. The number of rotatable bonds is 12. The van der Waals surface area contributed by atoms with Gasteiger partial charge in [-0.25, -0.2) is 9.59 Å². The fourth-order valence-corrected chi connectivity index (χ4v) is 8.58. The number of phenols is 1. The number of nitrogens with zero attached hydrogens (tertiary/aromatic N) is 5. The third-order valence-corrected chi connectivity index (χ3v) is 11.6. The van der Waals surface area contributed by atoms with Crippen molar-refractivity contribution in [3.05, 3.63) is 81.0 Å². The highest BCUT2D eigenvalue weighted by Gasteiger charge is 2.35. The van der Waals surface area contributed by atoms with Crippen molar-refractivity contribution in [2.24, 2.45) is 5.73 Å². The standard InChI is InChI=1S/C38H47Br2N9O5.H2O4S/c39-29-21-25(22-30(40)34(29)50)23-33(45-37(53)48-15-10-28(11-16-48)49-24-26-5-1-2-6-31(26)44-38(49)54)35(51)43-32(7-3-4-12-41)36(52)47-19-17-46(18-20-47)27-8-13-42-14-9-27;1-5(2,3)4/h1-2,5-6,8-9,13-14,21-22,28,32-33,50H,3-4,7,10-12,15-20,23-24,41H2,(H,43,51)(H,44,54)(H,45,53);(H2,1,2,3,4)/t32-,33+;/m0./s1. The zero-order valence-electron chi connectivity index (χ0n) is 32.2. The summed E-state index contributed by atoms with van der Waals surface area (Å²) in [4.78, 5) is 66.5. The number of para-hydroxylation sites is 1. The van der Waals surface area contributed by atoms with Crippen LogP contribution in [0.2, 0.25) is 0 Å². The summed E-state index contributed by atoms with van der Waals surface area (Å²) in [5.74, 6) is -0.628. The molecule has 2 saturated heterocycles. The number of piperidine rings is 1. The van der Waals surface area contributed by atoms with Gasteiger partial charge in [0.05, 0.1) is 8.95 Å². The van der Waals surface area contributed by atoms with Crippen LogP contribution < -0.4 is 26.6 Å². The number of carbonyl (C=O) groups excluding carboxylic acids is 4. The Hall–Kier alpha value is -4.54. The average molecular weight is 968 g/mol. The smallest absolute Gasteiger partial charge is 0.394 e. The van der Waals surface area contributed by atoms with Crippen LogP contribution in [-0.2, 0) is 33.0 Å². The number of halogens is 2. The van der Waals surface area contributed by atoms with Gasteiger partial charge >= 0.3 is 22.5 Å². The fraction of sp³-hybridized carbons (Fsp3) is 0.447. The van der Waals surface area contributed by atoms with E-state index in [0.717, 1.165) is 16.9 Å². The Kier molecular flexibility index (Phi) is 16.3. The molecule has 1 aromatic heterocycles. The van der Waals surface area contributed by atoms with Crippen LogP contribution in [0.25, 0.3) is 0 Å². The van der Waals surface area contributed by atoms with Crippen molar-refractivity contribution in [2.45, 2.75) is 63.2 Å². The van der Waals surface area contributed by atoms with Crippen LogP contribution in [0.3, 0.4) is 0 Å². The normalized spacial score (nSPS) is 16.9. The Morgan fingerprint density at radius 1 is 0.898 bits per heavy atom. The van der Waals surface area contributed by atoms with E-state index in [1.807, 2.05) is 41.3 Å². The molecule has 8 N–H and O–H groups in total. The lowest BCUT2D eigenvalue weighted by Gasteiger charge is -2.40. The number of anilines is 2. The SMILES string of the molecule is NCCCC[C@H](NC(=O)[C@@H](Cc1cc(Br)c(O)c(Br)c1)NC(=O)N1CCC(N2Cc3ccccc3NC2=O)CC1)C(=O)N1CCN(c2ccncc2)CC1.O=S(=O)(O)O. The minimum absolute atomic E-state index is 0.0205. The maximum Gasteiger partial charge on any atom is 0.394 e. The molecule has 320 valence electrons. The number of urea groups is 2. The molecule has 6 rings (SSSR count). The number of hydrogen-bond donors (Lipinski definition) is 7. The molecule has 2 fully saturated rings. The molecule has 2 aromatic carbocycles. The van der Waals surface area contributed by atoms with Crippen LogP contribution in [0.1, 0.15) is 43.2 Å². The van der Waals surface area contributed by atoms with Crippen molar-refractivity contribution in [1.29, 1.82) is 0 Å². The first-order valence-corrected chi connectivity index (χ1v) is 22.1. The Balaban J connectivity index is 0.00000125. The molecule has 3 aliphatic rings. The average Bonchev–Trinajstić information content (AvgIpc) is 3.21. The van der Waals surface area contributed by atoms with Crippen LogP contribution in [0.15, 0.2) is 69.9 Å². The van der Waals surface area contributed by atoms with Crippen LogP contribution in [0.4, 0.5) is 21.0 Å². The first-order chi connectivity index (χ1) is 28.1. The van der Waals surface area contributed by atoms with Gasteiger partial charge in [0.15, 0.2) is 0 Å². The molecule has 0 bridgehead atoms. The molecule has 2 atom stereocenters. The van der Waals surface area contributed by atoms with Gasteiger partial charge in [0.25, 0.3) is 0 Å². The van der Waals surface area contributed by atoms with Crippen LogP contribution in [-0.4, -0.2) is 130 Å². The largest absolute Gasteiger partial charge is 0.506 e. The Morgan fingerprint density at radius 2 is 1.53 bits per heavy atom. The number of carbonyl (C=O) groups is 4. The Bertz CT molecular complexity index is 2020. The molecule has 3 aromatic rings. The molecule has 18 nitrogen and oxygen atoms in total. The highest BCUT2D eigenvalue weighted by Crippen LogP contribution is 2.34. The van der Waals surface area contributed by atoms with E-state index < -0.39 is 34.4 Å². The van der Waals surface area contributed by atoms with Crippen molar-refractivity contribution in [3.8, 4) is 5.75 Å². The molecule has 0 saturated carbocycles. The number of likely N-dealkylation sites (tertiary alicyclic amines) is 1. The van der Waals surface area contributed by atoms with Crippen molar-refractivity contribution in [2.75, 3.05) is 56.0 Å². The van der Waals surface area contributed by atoms with Gasteiger partial charge in [-0.3, -0.25) is 23.7 Å². The first-order valence-electron chi connectivity index (χ1n) is 19.1. The number of aromatic hydroxyl groups is 1. The van der Waals surface area contributed by atoms with Crippen molar-refractivity contribution in [1.82, 2.24) is 30.3 Å². The molecule has 4 heterocycles. The van der Waals surface area contributed by atoms with Crippen LogP contribution in [0.5, 0.6) is 5.75 Å². The van der Waals surface area contributed by atoms with Gasteiger partial charge in [0.1, 0.15) is 17.8 Å². The number of amides is 6. The number of piperazine rings is 1. The van der Waals surface area contributed by atoms with E-state index in [9.17, 15) is 24.3 Å². The summed E-state index contributed by atoms with van der Waals surface area (Å²) in [5, 5.41) is 19.2. The quantitative estimate of drug-likeness (QED) is 0.101. The van der Waals surface area contributed by atoms with Crippen molar-refractivity contribution < 1.29 is 41.8 Å². The maximum absolute atomic E-state index is 14.2. The van der Waals surface area contributed by atoms with E-state index in [0.29, 0.717) is 99.0 Å². The second-order valence-electron chi connectivity index (χ2n) is 14.4. The maximum atomic E-state index is 14.2. The third-order valence-electron chi connectivity index (χ3n) is 10.4. The monoisotopic (exact) mass is 965 g/mol. The zero-order chi connectivity index (χ0) is 42.7. The molecular formula is C38H49Br2N9O9S. The second-order valence-corrected chi connectivity index (χ2v) is 17.0. The summed E-state index contributed by atoms with van der Waals surface area (Å²) in [6.07, 6.45) is 6.53. The molecule has 59 heavy (non-hydrogen) atoms. The van der Waals surface area contributed by atoms with E-state index in [1.165, 1.54) is 0 Å². The van der Waals surface area contributed by atoms with Crippen molar-refractivity contribution >= 4 is 77.5 Å². The summed E-state index contributed by atoms with van der Waals surface area (Å²) < 4.78 is 32.5. The molecule has 3 aliphatic heterocycles. The van der Waals surface area contributed by atoms with E-state index in [1.54, 1.807) is 34.3 Å². The van der Waals surface area contributed by atoms with Crippen molar-refractivity contribution in [3.63, 3.8) is 0 Å². The summed E-state index contributed by atoms with van der Waals surface area (Å²) in [6.45, 7) is 4.07. The predicted octanol–water partition coefficient (Wildman–Crippen LogP) is 3.75. The zero-order valence-corrected chi connectivity index (χ0v) is 36.2. The fourth-order valence-electron chi connectivity index (χ4n) is 7.30. The molecule has 0 spiro atoms. The second kappa shape index (κ2) is 21.1. The summed E-state index contributed by atoms with van der Waals surface area (Å²) in [6, 6.07) is 12.6. The van der Waals surface area contributed by atoms with E-state index in [2.05, 4.69) is 57.7 Å². The van der Waals surface area contributed by atoms with Gasteiger partial charge in [0, 0.05) is 82.0 Å². The lowest BCUT2D eigenvalue weighted by atomic mass is 10.0. The van der Waals surface area contributed by atoms with E-state index >= 15 is 0 Å². The molecule has 6 amide bonds. The third kappa shape index (κ3) is 13.2. The highest BCUT2D eigenvalue weighted by atomic mass is 79.9. The molecule has 0 unspecified atom stereocenters. The topological polar surface area (TPSA) is 251 Å². The minimum Gasteiger partial charge on any atom is -0.506 e. The predicted molar refractivity (Wildman–Crippen MR) is 227 cm³/mol. The van der Waals surface area contributed by atoms with Gasteiger partial charge in [-0.2, -0.15) is 8.42 Å². The van der Waals surface area contributed by atoms with Gasteiger partial charge in [0.2, 0.25) is 11.8 Å². The molecule has 0 aliphatic carbocycles. The van der Waals surface area contributed by atoms with Gasteiger partial charge in [-0.05, 0) is 112 Å². The molecular weight excluding hydrogens is 918 g/mol. The lowest BCUT2D eigenvalue weighted by Crippen LogP contribution is -2.59. The van der Waals surface area contributed by atoms with E-state index in [4.69, 9.17) is 23.3 Å². The number of unbranched alkanes of at least 4 members (excludes halogenated alkanes) is 1. The Labute approximate surface area is 359 Å². The summed E-state index contributed by atoms with van der Waals surface area (Å²) in [5.41, 5.74) is 9.38. The highest BCUT2D eigenvalue weighted by molar-refractivity contribution is 9.11. The van der Waals surface area contributed by atoms with Crippen LogP contribution >= 0.6 is 31.9 Å². The number of nitrogens with one attached hydrogen (secondary N) is 3. The van der Waals surface area contributed by atoms with Gasteiger partial charge in [-0.1, -0.05) is 18.2 Å². The Morgan fingerprint density at radius 3 is 2.15 bits per heavy atom. The van der Waals surface area contributed by atoms with Crippen LogP contribution in [0, 0.1) is 0 Å². The lowest BCUT2D eigenvalue weighted by molar-refractivity contribution is -0.137. The number of benzene rings is 2. The summed E-state index contributed by atoms with van der Waals surface area (Å²) >= 11 is 6.74. The number of aromatic nitrogens is 1. The molecule has 0 radical (unpaired) electrons. The molecule has 21 heteroatoms. The van der Waals surface area contributed by atoms with Gasteiger partial charge < -0.3 is 46.4 Å². The van der Waals surface area contributed by atoms with E-state index in [-0.39, 0.29) is 30.2 Å². The summed E-state index contributed by atoms with van der Waals surface area (Å²) in [7, 11) is -4.67. The number of fused-ring (bicyclic) bond motifs is 1.